The normalized spacial score (nSPS) is 23.0. The van der Waals surface area contributed by atoms with Gasteiger partial charge < -0.3 is 0 Å². The molecular weight excluding hydrogens is 308 g/mol. The monoisotopic (exact) mass is 323 g/mol. The van der Waals surface area contributed by atoms with Crippen LogP contribution in [0.4, 0.5) is 0 Å². The lowest BCUT2D eigenvalue weighted by Gasteiger charge is -2.25. The first-order valence-electron chi connectivity index (χ1n) is 8.23. The van der Waals surface area contributed by atoms with E-state index < -0.39 is 5.79 Å². The number of nitrogens with zero attached hydrogens (tertiary/aromatic N) is 4. The fourth-order valence-corrected chi connectivity index (χ4v) is 3.72. The predicted octanol–water partition coefficient (Wildman–Crippen LogP) is 0.244. The molecule has 4 heteroatoms. The van der Waals surface area contributed by atoms with Crippen molar-refractivity contribution < 1.29 is 13.7 Å². The molecule has 25 heavy (non-hydrogen) atoms. The van der Waals surface area contributed by atoms with Crippen LogP contribution in [0.1, 0.15) is 11.4 Å². The molecule has 1 spiro atoms. The van der Waals surface area contributed by atoms with Crippen LogP contribution in [-0.4, -0.2) is 29.6 Å². The largest absolute Gasteiger partial charge is 0.609 e. The maximum Gasteiger partial charge on any atom is 0.609 e. The highest BCUT2D eigenvalue weighted by Crippen LogP contribution is 2.27. The summed E-state index contributed by atoms with van der Waals surface area (Å²) in [4.78, 5) is 4.86. The van der Waals surface area contributed by atoms with Crippen LogP contribution in [0.2, 0.25) is 0 Å². The average Bonchev–Trinajstić information content (AvgIpc) is 2.98. The molecule has 0 saturated carbocycles. The van der Waals surface area contributed by atoms with Crippen LogP contribution in [0.3, 0.4) is 0 Å². The Morgan fingerprint density at radius 2 is 1.72 bits per heavy atom. The molecule has 0 aliphatic carbocycles. The predicted molar refractivity (Wildman–Crippen MR) is 93.0 cm³/mol. The Morgan fingerprint density at radius 3 is 2.64 bits per heavy atom. The Kier molecular flexibility index (Phi) is 2.92. The summed E-state index contributed by atoms with van der Waals surface area (Å²) in [6.45, 7) is 1.08. The molecule has 0 saturated heterocycles. The molecule has 0 radical (unpaired) electrons. The van der Waals surface area contributed by atoms with Gasteiger partial charge in [0.15, 0.2) is 12.4 Å². The number of hydrogen-bond donors (Lipinski definition) is 0. The second-order valence-electron chi connectivity index (χ2n) is 5.98. The minimum Gasteiger partial charge on any atom is -0.250 e. The minimum absolute atomic E-state index is 0.473. The van der Waals surface area contributed by atoms with Gasteiger partial charge in [-0.25, -0.2) is 4.99 Å². The fraction of sp³-hybridized carbons (Fsp3) is 0.143. The highest BCUT2D eigenvalue weighted by molar-refractivity contribution is 6.04. The van der Waals surface area contributed by atoms with E-state index in [-0.39, 0.29) is 0 Å². The standard InChI is InChI=1S/C21H15N4/c1-2-4-8-14-23-17-18-11-5-9-15-24(18)21(23)20(22-13-7-3-1)19-12-6-10-16-25(19)21/h1-2,5-6,9-12,15-17H,13-14H2/q+3/b2-1-,22-20?. The van der Waals surface area contributed by atoms with Crippen LogP contribution in [-0.2, 0) is 5.79 Å². The van der Waals surface area contributed by atoms with E-state index in [1.807, 2.05) is 6.07 Å². The average molecular weight is 323 g/mol. The fourth-order valence-electron chi connectivity index (χ4n) is 3.72. The van der Waals surface area contributed by atoms with Gasteiger partial charge in [-0.2, -0.15) is 0 Å². The molecule has 0 amide bonds. The number of rotatable bonds is 0. The van der Waals surface area contributed by atoms with Crippen LogP contribution >= 0.6 is 0 Å². The summed E-state index contributed by atoms with van der Waals surface area (Å²) >= 11 is 0. The number of fused-ring (bicyclic) bond motifs is 3. The highest BCUT2D eigenvalue weighted by atomic mass is 15.5. The highest BCUT2D eigenvalue weighted by Gasteiger charge is 2.80. The van der Waals surface area contributed by atoms with E-state index >= 15 is 0 Å². The summed E-state index contributed by atoms with van der Waals surface area (Å²) in [6.07, 6.45) is 9.95. The van der Waals surface area contributed by atoms with Crippen LogP contribution < -0.4 is 9.13 Å². The number of allylic oxidation sites excluding steroid dienone is 2. The van der Waals surface area contributed by atoms with Gasteiger partial charge in [-0.1, -0.05) is 31.5 Å². The third-order valence-electron chi connectivity index (χ3n) is 4.69. The van der Waals surface area contributed by atoms with Gasteiger partial charge in [0.25, 0.3) is 11.4 Å². The zero-order valence-corrected chi connectivity index (χ0v) is 13.6. The van der Waals surface area contributed by atoms with Gasteiger partial charge in [-0.3, -0.25) is 0 Å². The molecule has 5 heterocycles. The first-order chi connectivity index (χ1) is 12.4. The number of pyridine rings is 2. The summed E-state index contributed by atoms with van der Waals surface area (Å²) < 4.78 is 6.77. The first-order valence-corrected chi connectivity index (χ1v) is 8.23. The van der Waals surface area contributed by atoms with Crippen molar-refractivity contribution in [1.82, 2.24) is 0 Å². The smallest absolute Gasteiger partial charge is 0.250 e. The van der Waals surface area contributed by atoms with Crippen molar-refractivity contribution in [3.8, 4) is 23.7 Å². The lowest BCUT2D eigenvalue weighted by Crippen LogP contribution is -2.89. The van der Waals surface area contributed by atoms with Crippen molar-refractivity contribution in [2.45, 2.75) is 5.79 Å². The Morgan fingerprint density at radius 1 is 0.920 bits per heavy atom. The van der Waals surface area contributed by atoms with Gasteiger partial charge in [-0.15, -0.1) is 0 Å². The molecule has 4 nitrogen and oxygen atoms in total. The molecule has 2 aromatic rings. The molecular formula is C21H15N4+3. The Balaban J connectivity index is 1.82. The lowest BCUT2D eigenvalue weighted by molar-refractivity contribution is -1.11. The maximum atomic E-state index is 4.86. The lowest BCUT2D eigenvalue weighted by atomic mass is 9.97. The third kappa shape index (κ3) is 1.80. The molecule has 0 N–H and O–H groups in total. The molecule has 1 unspecified atom stereocenters. The quantitative estimate of drug-likeness (QED) is 0.490. The summed E-state index contributed by atoms with van der Waals surface area (Å²) in [5, 5.41) is 0. The second-order valence-corrected chi connectivity index (χ2v) is 5.98. The van der Waals surface area contributed by atoms with Gasteiger partial charge >= 0.3 is 11.5 Å². The molecule has 3 aliphatic rings. The van der Waals surface area contributed by atoms with Crippen molar-refractivity contribution in [1.29, 1.82) is 0 Å². The van der Waals surface area contributed by atoms with E-state index in [2.05, 4.69) is 86.3 Å². The molecule has 0 aromatic carbocycles. The second kappa shape index (κ2) is 5.26. The Labute approximate surface area is 146 Å². The van der Waals surface area contributed by atoms with Crippen LogP contribution in [0.15, 0.2) is 65.9 Å². The zero-order valence-electron chi connectivity index (χ0n) is 13.6. The zero-order chi connectivity index (χ0) is 16.7. The van der Waals surface area contributed by atoms with E-state index in [0.29, 0.717) is 13.1 Å². The molecule has 5 rings (SSSR count). The summed E-state index contributed by atoms with van der Waals surface area (Å²) in [7, 11) is 0. The van der Waals surface area contributed by atoms with Crippen LogP contribution in [0.5, 0.6) is 0 Å². The topological polar surface area (TPSA) is 23.1 Å². The molecule has 1 atom stereocenters. The Bertz CT molecular complexity index is 1120. The van der Waals surface area contributed by atoms with E-state index in [1.54, 1.807) is 12.2 Å². The molecule has 0 bridgehead atoms. The molecule has 116 valence electrons. The van der Waals surface area contributed by atoms with Crippen molar-refractivity contribution in [2.75, 3.05) is 13.1 Å². The van der Waals surface area contributed by atoms with Gasteiger partial charge in [0.2, 0.25) is 12.8 Å². The third-order valence-corrected chi connectivity index (χ3v) is 4.69. The number of hydrogen-bond acceptors (Lipinski definition) is 1. The number of aromatic nitrogens is 2. The van der Waals surface area contributed by atoms with Crippen molar-refractivity contribution >= 4 is 11.9 Å². The minimum atomic E-state index is -0.494. The van der Waals surface area contributed by atoms with Crippen LogP contribution in [0, 0.1) is 23.7 Å². The van der Waals surface area contributed by atoms with Gasteiger partial charge in [0.05, 0.1) is 0 Å². The van der Waals surface area contributed by atoms with Crippen LogP contribution in [0.25, 0.3) is 0 Å². The summed E-state index contributed by atoms with van der Waals surface area (Å²) in [6, 6.07) is 12.4. The van der Waals surface area contributed by atoms with E-state index in [9.17, 15) is 0 Å². The van der Waals surface area contributed by atoms with Crippen molar-refractivity contribution in [2.24, 2.45) is 4.99 Å². The van der Waals surface area contributed by atoms with Gasteiger partial charge in [0, 0.05) is 24.3 Å². The molecule has 2 aromatic heterocycles. The molecule has 0 fully saturated rings. The van der Waals surface area contributed by atoms with E-state index in [4.69, 9.17) is 4.99 Å². The maximum absolute atomic E-state index is 4.86. The van der Waals surface area contributed by atoms with E-state index in [0.717, 1.165) is 17.1 Å². The van der Waals surface area contributed by atoms with Gasteiger partial charge in [-0.05, 0) is 30.2 Å². The van der Waals surface area contributed by atoms with Gasteiger partial charge in [0.1, 0.15) is 6.54 Å². The summed E-state index contributed by atoms with van der Waals surface area (Å²) in [5.41, 5.74) is 3.28. The first kappa shape index (κ1) is 13.9. The van der Waals surface area contributed by atoms with E-state index in [1.165, 1.54) is 0 Å². The van der Waals surface area contributed by atoms with Crippen molar-refractivity contribution in [3.63, 3.8) is 0 Å². The molecule has 3 aliphatic heterocycles. The van der Waals surface area contributed by atoms with Crippen molar-refractivity contribution in [3.05, 3.63) is 72.3 Å². The summed E-state index contributed by atoms with van der Waals surface area (Å²) in [5.74, 6) is 11.9. The Hall–Kier alpha value is -3.50. The number of aliphatic imine (C=N–C) groups is 1. The SMILES string of the molecule is C1#CCN=C2c3cccc[n+]3C23[N+](=Cc2cccc[n+]23)CC#C/C=C\1.